The Morgan fingerprint density at radius 2 is 1.88 bits per heavy atom. The fourth-order valence-corrected chi connectivity index (χ4v) is 2.73. The molecular formula is C20H18O6. The standard InChI is InChI=1S/C20H18O6/c1-12-7-8-14-13(10-18(21)26-17(14)9-12)11-25-20(22)15-5-4-6-16(23-2)19(15)24-3/h4-10H,11H2,1-3H3. The van der Waals surface area contributed by atoms with E-state index in [1.165, 1.54) is 20.3 Å². The molecule has 1 heterocycles. The number of carbonyl (C=O) groups excluding carboxylic acids is 1. The van der Waals surface area contributed by atoms with Gasteiger partial charge in [0, 0.05) is 17.0 Å². The molecule has 0 saturated heterocycles. The van der Waals surface area contributed by atoms with E-state index in [0.717, 1.165) is 10.9 Å². The lowest BCUT2D eigenvalue weighted by atomic mass is 10.1. The van der Waals surface area contributed by atoms with Crippen LogP contribution in [-0.2, 0) is 11.3 Å². The van der Waals surface area contributed by atoms with Crippen LogP contribution in [0.2, 0.25) is 0 Å². The van der Waals surface area contributed by atoms with Gasteiger partial charge in [0.1, 0.15) is 17.8 Å². The number of esters is 1. The van der Waals surface area contributed by atoms with E-state index in [-0.39, 0.29) is 12.2 Å². The molecule has 134 valence electrons. The molecule has 0 aliphatic heterocycles. The van der Waals surface area contributed by atoms with Crippen molar-refractivity contribution < 1.29 is 23.4 Å². The minimum atomic E-state index is -0.575. The quantitative estimate of drug-likeness (QED) is 0.516. The molecule has 26 heavy (non-hydrogen) atoms. The Morgan fingerprint density at radius 3 is 2.62 bits per heavy atom. The summed E-state index contributed by atoms with van der Waals surface area (Å²) >= 11 is 0. The van der Waals surface area contributed by atoms with E-state index in [9.17, 15) is 9.59 Å². The zero-order valence-corrected chi connectivity index (χ0v) is 14.7. The molecule has 0 radical (unpaired) electrons. The Kier molecular flexibility index (Phi) is 4.93. The Balaban J connectivity index is 1.89. The second-order valence-electron chi connectivity index (χ2n) is 5.71. The molecule has 6 nitrogen and oxygen atoms in total. The number of para-hydroxylation sites is 1. The van der Waals surface area contributed by atoms with Gasteiger partial charge in [-0.05, 0) is 30.7 Å². The van der Waals surface area contributed by atoms with Crippen molar-refractivity contribution in [1.82, 2.24) is 0 Å². The number of ether oxygens (including phenoxy) is 3. The number of hydrogen-bond acceptors (Lipinski definition) is 6. The van der Waals surface area contributed by atoms with Crippen molar-refractivity contribution in [3.05, 3.63) is 69.6 Å². The molecule has 0 N–H and O–H groups in total. The van der Waals surface area contributed by atoms with Crippen LogP contribution < -0.4 is 15.1 Å². The molecule has 0 amide bonds. The molecule has 0 aliphatic rings. The number of methoxy groups -OCH3 is 2. The van der Waals surface area contributed by atoms with Gasteiger partial charge in [-0.15, -0.1) is 0 Å². The van der Waals surface area contributed by atoms with Crippen LogP contribution in [0.5, 0.6) is 11.5 Å². The number of carbonyl (C=O) groups is 1. The highest BCUT2D eigenvalue weighted by Gasteiger charge is 2.18. The Bertz CT molecular complexity index is 1020. The maximum absolute atomic E-state index is 12.5. The molecule has 6 heteroatoms. The van der Waals surface area contributed by atoms with Crippen molar-refractivity contribution >= 4 is 16.9 Å². The van der Waals surface area contributed by atoms with E-state index < -0.39 is 11.6 Å². The van der Waals surface area contributed by atoms with Gasteiger partial charge in [-0.1, -0.05) is 18.2 Å². The van der Waals surface area contributed by atoms with Crippen LogP contribution in [0.15, 0.2) is 51.7 Å². The highest BCUT2D eigenvalue weighted by atomic mass is 16.5. The highest BCUT2D eigenvalue weighted by molar-refractivity contribution is 5.93. The summed E-state index contributed by atoms with van der Waals surface area (Å²) in [6.45, 7) is 1.84. The molecule has 0 saturated carbocycles. The zero-order valence-electron chi connectivity index (χ0n) is 14.7. The predicted octanol–water partition coefficient (Wildman–Crippen LogP) is 3.48. The number of benzene rings is 2. The van der Waals surface area contributed by atoms with Crippen molar-refractivity contribution in [3.63, 3.8) is 0 Å². The van der Waals surface area contributed by atoms with Gasteiger partial charge in [0.05, 0.1) is 14.2 Å². The largest absolute Gasteiger partial charge is 0.493 e. The van der Waals surface area contributed by atoms with E-state index in [0.29, 0.717) is 22.6 Å². The summed E-state index contributed by atoms with van der Waals surface area (Å²) in [6, 6.07) is 11.8. The van der Waals surface area contributed by atoms with Gasteiger partial charge >= 0.3 is 11.6 Å². The second kappa shape index (κ2) is 7.31. The van der Waals surface area contributed by atoms with Gasteiger partial charge in [0.2, 0.25) is 0 Å². The molecule has 0 spiro atoms. The van der Waals surface area contributed by atoms with Gasteiger partial charge in [0.25, 0.3) is 0 Å². The summed E-state index contributed by atoms with van der Waals surface area (Å²) in [5.74, 6) is 0.158. The minimum Gasteiger partial charge on any atom is -0.493 e. The number of fused-ring (bicyclic) bond motifs is 1. The summed E-state index contributed by atoms with van der Waals surface area (Å²) in [5.41, 5.74) is 1.76. The Labute approximate surface area is 149 Å². The van der Waals surface area contributed by atoms with Crippen LogP contribution >= 0.6 is 0 Å². The minimum absolute atomic E-state index is 0.0651. The first kappa shape index (κ1) is 17.5. The van der Waals surface area contributed by atoms with Crippen LogP contribution in [0.1, 0.15) is 21.5 Å². The van der Waals surface area contributed by atoms with Crippen molar-refractivity contribution in [2.24, 2.45) is 0 Å². The fraction of sp³-hybridized carbons (Fsp3) is 0.200. The molecule has 2 aromatic carbocycles. The smallest absolute Gasteiger partial charge is 0.342 e. The lowest BCUT2D eigenvalue weighted by molar-refractivity contribution is 0.0469. The lowest BCUT2D eigenvalue weighted by Crippen LogP contribution is -2.09. The third-order valence-corrected chi connectivity index (χ3v) is 3.97. The first-order valence-electron chi connectivity index (χ1n) is 7.95. The maximum Gasteiger partial charge on any atom is 0.342 e. The van der Waals surface area contributed by atoms with Gasteiger partial charge in [-0.2, -0.15) is 0 Å². The fourth-order valence-electron chi connectivity index (χ4n) is 2.73. The van der Waals surface area contributed by atoms with Crippen molar-refractivity contribution in [1.29, 1.82) is 0 Å². The van der Waals surface area contributed by atoms with E-state index in [1.807, 2.05) is 19.1 Å². The van der Waals surface area contributed by atoms with E-state index in [2.05, 4.69) is 0 Å². The number of aryl methyl sites for hydroxylation is 1. The lowest BCUT2D eigenvalue weighted by Gasteiger charge is -2.12. The molecule has 3 rings (SSSR count). The van der Waals surface area contributed by atoms with Crippen molar-refractivity contribution in [2.45, 2.75) is 13.5 Å². The van der Waals surface area contributed by atoms with E-state index in [1.54, 1.807) is 24.3 Å². The molecular weight excluding hydrogens is 336 g/mol. The SMILES string of the molecule is COc1cccc(C(=O)OCc2cc(=O)oc3cc(C)ccc23)c1OC. The van der Waals surface area contributed by atoms with Crippen LogP contribution in [0.4, 0.5) is 0 Å². The highest BCUT2D eigenvalue weighted by Crippen LogP contribution is 2.31. The molecule has 3 aromatic rings. The summed E-state index contributed by atoms with van der Waals surface area (Å²) in [6.07, 6.45) is 0. The van der Waals surface area contributed by atoms with Crippen molar-refractivity contribution in [3.8, 4) is 11.5 Å². The first-order chi connectivity index (χ1) is 12.5. The molecule has 0 atom stereocenters. The number of hydrogen-bond donors (Lipinski definition) is 0. The second-order valence-corrected chi connectivity index (χ2v) is 5.71. The third-order valence-electron chi connectivity index (χ3n) is 3.97. The topological polar surface area (TPSA) is 75.0 Å². The average Bonchev–Trinajstić information content (AvgIpc) is 2.64. The maximum atomic E-state index is 12.5. The molecule has 0 fully saturated rings. The molecule has 0 bridgehead atoms. The van der Waals surface area contributed by atoms with Crippen molar-refractivity contribution in [2.75, 3.05) is 14.2 Å². The van der Waals surface area contributed by atoms with Gasteiger partial charge in [-0.3, -0.25) is 0 Å². The summed E-state index contributed by atoms with van der Waals surface area (Å²) < 4.78 is 21.0. The zero-order chi connectivity index (χ0) is 18.7. The van der Waals surface area contributed by atoms with Crippen LogP contribution in [0.3, 0.4) is 0 Å². The summed E-state index contributed by atoms with van der Waals surface area (Å²) in [4.78, 5) is 24.3. The third kappa shape index (κ3) is 3.39. The molecule has 1 aromatic heterocycles. The first-order valence-corrected chi connectivity index (χ1v) is 7.95. The molecule has 0 aliphatic carbocycles. The summed E-state index contributed by atoms with van der Waals surface area (Å²) in [5, 5.41) is 0.723. The summed E-state index contributed by atoms with van der Waals surface area (Å²) in [7, 11) is 2.94. The Morgan fingerprint density at radius 1 is 1.08 bits per heavy atom. The monoisotopic (exact) mass is 354 g/mol. The Hall–Kier alpha value is -3.28. The normalized spacial score (nSPS) is 10.6. The predicted molar refractivity (Wildman–Crippen MR) is 95.9 cm³/mol. The van der Waals surface area contributed by atoms with Gasteiger partial charge < -0.3 is 18.6 Å². The van der Waals surface area contributed by atoms with Gasteiger partial charge in [-0.25, -0.2) is 9.59 Å². The van der Waals surface area contributed by atoms with Crippen LogP contribution in [-0.4, -0.2) is 20.2 Å². The molecule has 0 unspecified atom stereocenters. The van der Waals surface area contributed by atoms with Crippen LogP contribution in [0, 0.1) is 6.92 Å². The number of rotatable bonds is 5. The van der Waals surface area contributed by atoms with Gasteiger partial charge in [0.15, 0.2) is 11.5 Å². The van der Waals surface area contributed by atoms with E-state index >= 15 is 0 Å². The average molecular weight is 354 g/mol. The van der Waals surface area contributed by atoms with E-state index in [4.69, 9.17) is 18.6 Å². The van der Waals surface area contributed by atoms with Crippen LogP contribution in [0.25, 0.3) is 11.0 Å².